The number of aromatic nitrogens is 3. The van der Waals surface area contributed by atoms with Crippen molar-refractivity contribution in [3.8, 4) is 11.3 Å². The molecule has 0 aliphatic rings. The minimum absolute atomic E-state index is 0.636. The molecule has 21 heavy (non-hydrogen) atoms. The van der Waals surface area contributed by atoms with Crippen molar-refractivity contribution >= 4 is 46.5 Å². The molecule has 3 aromatic rings. The van der Waals surface area contributed by atoms with Gasteiger partial charge in [-0.2, -0.15) is 0 Å². The van der Waals surface area contributed by atoms with E-state index in [4.69, 9.17) is 16.0 Å². The van der Waals surface area contributed by atoms with Crippen molar-refractivity contribution in [1.82, 2.24) is 15.2 Å². The van der Waals surface area contributed by atoms with Crippen LogP contribution in [0.1, 0.15) is 5.89 Å². The van der Waals surface area contributed by atoms with Crippen molar-refractivity contribution in [2.24, 2.45) is 0 Å². The molecule has 0 spiro atoms. The van der Waals surface area contributed by atoms with Crippen LogP contribution < -0.4 is 0 Å². The van der Waals surface area contributed by atoms with E-state index >= 15 is 0 Å². The topological polar surface area (TPSA) is 51.8 Å². The lowest BCUT2D eigenvalue weighted by atomic mass is 10.2. The molecule has 0 N–H and O–H groups in total. The molecule has 0 amide bonds. The van der Waals surface area contributed by atoms with Crippen LogP contribution >= 0.6 is 46.5 Å². The SMILES string of the molecule is CSc1nnc(SCc2ncc(-c3ccc(Cl)cc3)o2)s1. The number of oxazole rings is 1. The first-order valence-electron chi connectivity index (χ1n) is 5.95. The molecule has 3 rings (SSSR count). The van der Waals surface area contributed by atoms with Crippen molar-refractivity contribution in [3.63, 3.8) is 0 Å². The molecule has 1 aromatic carbocycles. The van der Waals surface area contributed by atoms with Crippen LogP contribution in [0.15, 0.2) is 43.6 Å². The second-order valence-corrected chi connectivity index (χ2v) is 7.64. The zero-order chi connectivity index (χ0) is 14.7. The minimum atomic E-state index is 0.636. The Morgan fingerprint density at radius 2 is 1.95 bits per heavy atom. The molecule has 2 aromatic heterocycles. The summed E-state index contributed by atoms with van der Waals surface area (Å²) in [5, 5.41) is 8.86. The molecule has 0 saturated carbocycles. The largest absolute Gasteiger partial charge is 0.440 e. The van der Waals surface area contributed by atoms with E-state index in [-0.39, 0.29) is 0 Å². The molecule has 2 heterocycles. The van der Waals surface area contributed by atoms with Gasteiger partial charge in [0, 0.05) is 10.6 Å². The van der Waals surface area contributed by atoms with Gasteiger partial charge < -0.3 is 4.42 Å². The van der Waals surface area contributed by atoms with Crippen molar-refractivity contribution in [1.29, 1.82) is 0 Å². The summed E-state index contributed by atoms with van der Waals surface area (Å²) >= 11 is 10.6. The van der Waals surface area contributed by atoms with Crippen LogP contribution in [0.5, 0.6) is 0 Å². The average molecular weight is 356 g/mol. The number of thioether (sulfide) groups is 2. The number of nitrogens with zero attached hydrogens (tertiary/aromatic N) is 3. The van der Waals surface area contributed by atoms with Gasteiger partial charge in [0.1, 0.15) is 0 Å². The van der Waals surface area contributed by atoms with E-state index in [2.05, 4.69) is 15.2 Å². The minimum Gasteiger partial charge on any atom is -0.440 e. The Morgan fingerprint density at radius 1 is 1.19 bits per heavy atom. The molecule has 0 bridgehead atoms. The standard InChI is InChI=1S/C13H10ClN3OS3/c1-19-12-16-17-13(21-12)20-7-11-15-6-10(18-11)8-2-4-9(14)5-3-8/h2-6H,7H2,1H3. The molecule has 0 fully saturated rings. The van der Waals surface area contributed by atoms with Gasteiger partial charge in [0.25, 0.3) is 0 Å². The van der Waals surface area contributed by atoms with E-state index in [0.29, 0.717) is 16.7 Å². The predicted molar refractivity (Wildman–Crippen MR) is 88.2 cm³/mol. The molecule has 0 atom stereocenters. The van der Waals surface area contributed by atoms with Crippen molar-refractivity contribution < 1.29 is 4.42 Å². The highest BCUT2D eigenvalue weighted by atomic mass is 35.5. The lowest BCUT2D eigenvalue weighted by molar-refractivity contribution is 0.530. The Labute approximate surface area is 139 Å². The maximum atomic E-state index is 5.87. The average Bonchev–Trinajstić information content (AvgIpc) is 3.15. The van der Waals surface area contributed by atoms with Crippen molar-refractivity contribution in [2.75, 3.05) is 6.26 Å². The summed E-state index contributed by atoms with van der Waals surface area (Å²) in [5.74, 6) is 2.05. The van der Waals surface area contributed by atoms with Crippen LogP contribution in [0, 0.1) is 0 Å². The van der Waals surface area contributed by atoms with Gasteiger partial charge in [-0.15, -0.1) is 10.2 Å². The van der Waals surface area contributed by atoms with E-state index in [1.807, 2.05) is 30.5 Å². The maximum Gasteiger partial charge on any atom is 0.205 e. The number of hydrogen-bond donors (Lipinski definition) is 0. The van der Waals surface area contributed by atoms with Gasteiger partial charge >= 0.3 is 0 Å². The number of benzene rings is 1. The highest BCUT2D eigenvalue weighted by Crippen LogP contribution is 2.30. The maximum absolute atomic E-state index is 5.87. The van der Waals surface area contributed by atoms with E-state index in [0.717, 1.165) is 20.0 Å². The predicted octanol–water partition coefficient (Wildman–Crippen LogP) is 4.86. The summed E-state index contributed by atoms with van der Waals surface area (Å²) < 4.78 is 7.63. The van der Waals surface area contributed by atoms with Gasteiger partial charge in [-0.05, 0) is 30.5 Å². The summed E-state index contributed by atoms with van der Waals surface area (Å²) in [6.07, 6.45) is 3.72. The van der Waals surface area contributed by atoms with E-state index < -0.39 is 0 Å². The first-order chi connectivity index (χ1) is 10.2. The molecule has 0 aliphatic carbocycles. The van der Waals surface area contributed by atoms with E-state index in [9.17, 15) is 0 Å². The fourth-order valence-electron chi connectivity index (χ4n) is 1.59. The van der Waals surface area contributed by atoms with Crippen LogP contribution in [0.25, 0.3) is 11.3 Å². The smallest absolute Gasteiger partial charge is 0.205 e. The Morgan fingerprint density at radius 3 is 2.67 bits per heavy atom. The third-order valence-electron chi connectivity index (χ3n) is 2.56. The van der Waals surface area contributed by atoms with Crippen LogP contribution in [0.3, 0.4) is 0 Å². The molecular weight excluding hydrogens is 346 g/mol. The summed E-state index contributed by atoms with van der Waals surface area (Å²) in [4.78, 5) is 4.29. The van der Waals surface area contributed by atoms with Gasteiger partial charge in [0.15, 0.2) is 14.4 Å². The van der Waals surface area contributed by atoms with E-state index in [1.54, 1.807) is 41.1 Å². The Hall–Kier alpha value is -1.02. The Balaban J connectivity index is 1.66. The summed E-state index contributed by atoms with van der Waals surface area (Å²) in [6, 6.07) is 7.49. The van der Waals surface area contributed by atoms with E-state index in [1.165, 1.54) is 0 Å². The molecule has 0 unspecified atom stereocenters. The zero-order valence-corrected chi connectivity index (χ0v) is 14.2. The lowest BCUT2D eigenvalue weighted by Gasteiger charge is -1.96. The molecule has 4 nitrogen and oxygen atoms in total. The fourth-order valence-corrected chi connectivity index (χ4v) is 4.00. The van der Waals surface area contributed by atoms with Crippen LogP contribution in [-0.4, -0.2) is 21.4 Å². The Kier molecular flexibility index (Phi) is 4.84. The second-order valence-electron chi connectivity index (χ2n) is 3.95. The fraction of sp³-hybridized carbons (Fsp3) is 0.154. The zero-order valence-electron chi connectivity index (χ0n) is 10.9. The molecule has 108 valence electrons. The first-order valence-corrected chi connectivity index (χ1v) is 9.36. The molecule has 0 saturated heterocycles. The van der Waals surface area contributed by atoms with Crippen LogP contribution in [0.4, 0.5) is 0 Å². The van der Waals surface area contributed by atoms with Gasteiger partial charge in [-0.3, -0.25) is 0 Å². The Bertz CT molecular complexity index is 726. The van der Waals surface area contributed by atoms with Crippen molar-refractivity contribution in [3.05, 3.63) is 41.4 Å². The quantitative estimate of drug-likeness (QED) is 0.609. The molecule has 0 aliphatic heterocycles. The number of hydrogen-bond acceptors (Lipinski definition) is 7. The van der Waals surface area contributed by atoms with Gasteiger partial charge in [0.2, 0.25) is 5.89 Å². The normalized spacial score (nSPS) is 11.0. The van der Waals surface area contributed by atoms with Crippen LogP contribution in [0.2, 0.25) is 5.02 Å². The summed E-state index contributed by atoms with van der Waals surface area (Å²) in [5.41, 5.74) is 0.962. The van der Waals surface area contributed by atoms with Gasteiger partial charge in [-0.1, -0.05) is 46.5 Å². The van der Waals surface area contributed by atoms with Crippen LogP contribution in [-0.2, 0) is 5.75 Å². The lowest BCUT2D eigenvalue weighted by Crippen LogP contribution is -1.78. The number of rotatable bonds is 5. The van der Waals surface area contributed by atoms with Gasteiger partial charge in [0.05, 0.1) is 11.9 Å². The molecular formula is C13H10ClN3OS3. The second kappa shape index (κ2) is 6.83. The number of halogens is 1. The first kappa shape index (κ1) is 14.9. The highest BCUT2D eigenvalue weighted by Gasteiger charge is 2.09. The summed E-state index contributed by atoms with van der Waals surface area (Å²) in [7, 11) is 0. The summed E-state index contributed by atoms with van der Waals surface area (Å²) in [6.45, 7) is 0. The van der Waals surface area contributed by atoms with Gasteiger partial charge in [-0.25, -0.2) is 4.98 Å². The third-order valence-corrected chi connectivity index (χ3v) is 5.83. The monoisotopic (exact) mass is 355 g/mol. The third kappa shape index (κ3) is 3.79. The van der Waals surface area contributed by atoms with Crippen molar-refractivity contribution in [2.45, 2.75) is 14.4 Å². The molecule has 0 radical (unpaired) electrons. The molecule has 8 heteroatoms. The highest BCUT2D eigenvalue weighted by molar-refractivity contribution is 8.02.